The molecule has 44 heavy (non-hydrogen) atoms. The molecule has 0 spiro atoms. The third-order valence-corrected chi connectivity index (χ3v) is 10.0. The van der Waals surface area contributed by atoms with E-state index in [2.05, 4.69) is 20.5 Å². The van der Waals surface area contributed by atoms with Crippen LogP contribution < -0.4 is 25.8 Å². The lowest BCUT2D eigenvalue weighted by Gasteiger charge is -2.47. The molecule has 0 radical (unpaired) electrons. The van der Waals surface area contributed by atoms with Gasteiger partial charge in [0.15, 0.2) is 5.82 Å². The highest BCUT2D eigenvalue weighted by molar-refractivity contribution is 6.33. The van der Waals surface area contributed by atoms with Gasteiger partial charge >= 0.3 is 0 Å². The molecule has 3 N–H and O–H groups in total. The van der Waals surface area contributed by atoms with E-state index >= 15 is 0 Å². The third-order valence-electron chi connectivity index (χ3n) is 9.76. The van der Waals surface area contributed by atoms with Gasteiger partial charge < -0.3 is 34.7 Å². The Hall–Kier alpha value is -3.22. The Labute approximate surface area is 257 Å². The largest absolute Gasteiger partial charge is 0.486 e. The van der Waals surface area contributed by atoms with Crippen LogP contribution in [-0.4, -0.2) is 69.6 Å². The number of hydrogen-bond donors (Lipinski definition) is 3. The Kier molecular flexibility index (Phi) is 6.87. The predicted octanol–water partition coefficient (Wildman–Crippen LogP) is 4.94. The van der Waals surface area contributed by atoms with Gasteiger partial charge in [-0.25, -0.2) is 13.8 Å². The molecule has 2 aliphatic carbocycles. The number of halogens is 3. The molecule has 4 fully saturated rings. The number of aliphatic hydroxyl groups is 1. The average Bonchev–Trinajstić information content (AvgIpc) is 3.82. The van der Waals surface area contributed by atoms with Crippen molar-refractivity contribution in [2.75, 3.05) is 35.4 Å². The van der Waals surface area contributed by atoms with Crippen LogP contribution in [-0.2, 0) is 11.3 Å². The molecule has 3 aromatic rings. The van der Waals surface area contributed by atoms with E-state index in [0.717, 1.165) is 24.6 Å². The van der Waals surface area contributed by atoms with Crippen molar-refractivity contribution in [1.29, 1.82) is 0 Å². The number of alkyl halides is 2. The minimum Gasteiger partial charge on any atom is -0.486 e. The number of hydrogen-bond acceptors (Lipinski definition) is 9. The fourth-order valence-electron chi connectivity index (χ4n) is 7.46. The van der Waals surface area contributed by atoms with Gasteiger partial charge in [0.1, 0.15) is 5.02 Å². The van der Waals surface area contributed by atoms with Gasteiger partial charge in [0.05, 0.1) is 55.4 Å². The average molecular weight is 629 g/mol. The molecule has 5 aliphatic rings. The van der Waals surface area contributed by atoms with Gasteiger partial charge in [-0.05, 0) is 55.7 Å². The molecular weight excluding hydrogens is 594 g/mol. The summed E-state index contributed by atoms with van der Waals surface area (Å²) < 4.78 is 40.8. The number of aliphatic hydroxyl groups excluding tert-OH is 1. The zero-order valence-electron chi connectivity index (χ0n) is 24.1. The standard InChI is InChI=1S/C31H35ClF2N6O4/c32-23-12-35-30(40-19-8-21(41)9-20(40)15-43-14-19)38-28(23)36-18-3-4-25-22(7-18)26-27(44-6-5-24(37-26)17-1-2-17)29(42)39(25)13-16-10-31(33,34)11-16/h3-4,7,12,16-17,19-21,24,37,41H,1-2,5-6,8-11,13-15H2,(H,35,36,38)/t19-,20+,21?,24-/m1/s1. The van der Waals surface area contributed by atoms with Crippen LogP contribution in [0.4, 0.5) is 31.9 Å². The first kappa shape index (κ1) is 28.3. The third kappa shape index (κ3) is 5.14. The van der Waals surface area contributed by atoms with Gasteiger partial charge in [0.25, 0.3) is 5.56 Å². The summed E-state index contributed by atoms with van der Waals surface area (Å²) in [6, 6.07) is 5.76. The quantitative estimate of drug-likeness (QED) is 0.349. The molecule has 13 heteroatoms. The van der Waals surface area contributed by atoms with Gasteiger partial charge in [-0.15, -0.1) is 0 Å². The van der Waals surface area contributed by atoms with E-state index in [4.69, 9.17) is 26.1 Å². The summed E-state index contributed by atoms with van der Waals surface area (Å²) in [5, 5.41) is 18.4. The molecule has 3 aliphatic heterocycles. The molecule has 2 saturated carbocycles. The smallest absolute Gasteiger partial charge is 0.295 e. The normalized spacial score (nSPS) is 28.0. The number of benzene rings is 1. The number of fused-ring (bicyclic) bond motifs is 5. The van der Waals surface area contributed by atoms with Crippen LogP contribution in [0, 0.1) is 11.8 Å². The number of aromatic nitrogens is 3. The van der Waals surface area contributed by atoms with E-state index in [-0.39, 0.29) is 60.8 Å². The van der Waals surface area contributed by atoms with E-state index in [0.29, 0.717) is 72.3 Å². The number of morpholine rings is 1. The van der Waals surface area contributed by atoms with Crippen molar-refractivity contribution in [2.45, 2.75) is 81.6 Å². The number of anilines is 4. The van der Waals surface area contributed by atoms with Crippen LogP contribution in [0.2, 0.25) is 5.02 Å². The Morgan fingerprint density at radius 2 is 1.93 bits per heavy atom. The SMILES string of the molecule is O=c1c2c(c3cc(Nc4nc(N5[C@@H]6COC[C@H]5CC(O)C6)ncc4Cl)ccc3n1CC1CC(F)(F)C1)N[C@@H](C1CC1)CCO2. The maximum atomic E-state index is 13.8. The molecular formula is C31H35ClF2N6O4. The second kappa shape index (κ2) is 10.7. The van der Waals surface area contributed by atoms with Gasteiger partial charge in [0.2, 0.25) is 17.6 Å². The highest BCUT2D eigenvalue weighted by atomic mass is 35.5. The van der Waals surface area contributed by atoms with Crippen molar-refractivity contribution in [1.82, 2.24) is 14.5 Å². The lowest BCUT2D eigenvalue weighted by Crippen LogP contribution is -2.59. The van der Waals surface area contributed by atoms with Gasteiger partial charge in [0, 0.05) is 42.9 Å². The second-order valence-corrected chi connectivity index (χ2v) is 13.5. The Morgan fingerprint density at radius 1 is 1.16 bits per heavy atom. The Bertz CT molecular complexity index is 1650. The topological polar surface area (TPSA) is 114 Å². The lowest BCUT2D eigenvalue weighted by molar-refractivity contribution is -0.114. The van der Waals surface area contributed by atoms with Crippen LogP contribution in [0.5, 0.6) is 5.75 Å². The maximum absolute atomic E-state index is 13.8. The van der Waals surface area contributed by atoms with Crippen molar-refractivity contribution in [2.24, 2.45) is 11.8 Å². The number of piperidine rings is 1. The molecule has 10 nitrogen and oxygen atoms in total. The number of pyridine rings is 1. The van der Waals surface area contributed by atoms with Crippen LogP contribution in [0.3, 0.4) is 0 Å². The van der Waals surface area contributed by atoms with Crippen LogP contribution >= 0.6 is 11.6 Å². The zero-order chi connectivity index (χ0) is 30.2. The fourth-order valence-corrected chi connectivity index (χ4v) is 7.60. The number of nitrogens with one attached hydrogen (secondary N) is 2. The van der Waals surface area contributed by atoms with Crippen LogP contribution in [0.15, 0.2) is 29.2 Å². The Morgan fingerprint density at radius 3 is 2.66 bits per heavy atom. The summed E-state index contributed by atoms with van der Waals surface area (Å²) in [6.45, 7) is 1.61. The minimum absolute atomic E-state index is 0.0273. The number of rotatable bonds is 6. The number of nitrogens with zero attached hydrogens (tertiary/aromatic N) is 4. The molecule has 1 unspecified atom stereocenters. The van der Waals surface area contributed by atoms with Crippen molar-refractivity contribution in [3.63, 3.8) is 0 Å². The molecule has 5 heterocycles. The highest BCUT2D eigenvalue weighted by Gasteiger charge is 2.46. The zero-order valence-corrected chi connectivity index (χ0v) is 24.9. The fraction of sp³-hybridized carbons (Fsp3) is 0.581. The number of ether oxygens (including phenoxy) is 2. The van der Waals surface area contributed by atoms with E-state index in [1.807, 2.05) is 18.2 Å². The second-order valence-electron chi connectivity index (χ2n) is 13.1. The minimum atomic E-state index is -2.67. The van der Waals surface area contributed by atoms with Gasteiger partial charge in [-0.3, -0.25) is 4.79 Å². The lowest BCUT2D eigenvalue weighted by atomic mass is 9.81. The summed E-state index contributed by atoms with van der Waals surface area (Å²) in [7, 11) is 0. The first-order valence-electron chi connectivity index (χ1n) is 15.5. The maximum Gasteiger partial charge on any atom is 0.295 e. The highest BCUT2D eigenvalue weighted by Crippen LogP contribution is 2.45. The Balaban J connectivity index is 1.16. The summed E-state index contributed by atoms with van der Waals surface area (Å²) in [6.07, 6.45) is 4.98. The van der Waals surface area contributed by atoms with E-state index in [1.54, 1.807) is 10.8 Å². The molecule has 1 aromatic carbocycles. The van der Waals surface area contributed by atoms with Gasteiger partial charge in [-0.1, -0.05) is 11.6 Å². The molecule has 234 valence electrons. The van der Waals surface area contributed by atoms with Crippen molar-refractivity contribution < 1.29 is 23.4 Å². The van der Waals surface area contributed by atoms with Crippen molar-refractivity contribution >= 4 is 45.6 Å². The molecule has 8 rings (SSSR count). The summed E-state index contributed by atoms with van der Waals surface area (Å²) in [5.74, 6) is -1.22. The first-order valence-corrected chi connectivity index (χ1v) is 15.9. The molecule has 2 aromatic heterocycles. The van der Waals surface area contributed by atoms with E-state index < -0.39 is 5.92 Å². The van der Waals surface area contributed by atoms with Crippen molar-refractivity contribution in [3.8, 4) is 5.75 Å². The van der Waals surface area contributed by atoms with E-state index in [1.165, 1.54) is 0 Å². The molecule has 2 bridgehead atoms. The molecule has 2 saturated heterocycles. The monoisotopic (exact) mass is 628 g/mol. The summed E-state index contributed by atoms with van der Waals surface area (Å²) >= 11 is 6.58. The van der Waals surface area contributed by atoms with Crippen LogP contribution in [0.1, 0.15) is 44.9 Å². The predicted molar refractivity (Wildman–Crippen MR) is 163 cm³/mol. The summed E-state index contributed by atoms with van der Waals surface area (Å²) in [4.78, 5) is 25.2. The molecule has 4 atom stereocenters. The van der Waals surface area contributed by atoms with E-state index in [9.17, 15) is 18.7 Å². The van der Waals surface area contributed by atoms with Crippen molar-refractivity contribution in [3.05, 3.63) is 39.8 Å². The first-order chi connectivity index (χ1) is 21.2. The van der Waals surface area contributed by atoms with Crippen LogP contribution in [0.25, 0.3) is 10.9 Å². The summed E-state index contributed by atoms with van der Waals surface area (Å²) in [5.41, 5.74) is 1.71. The van der Waals surface area contributed by atoms with Gasteiger partial charge in [-0.2, -0.15) is 4.98 Å². The molecule has 0 amide bonds.